The van der Waals surface area contributed by atoms with Gasteiger partial charge in [-0.25, -0.2) is 13.1 Å². The molecule has 1 fully saturated rings. The second kappa shape index (κ2) is 6.32. The molecule has 1 aromatic carbocycles. The fourth-order valence-corrected chi connectivity index (χ4v) is 3.37. The molecule has 104 valence electrons. The maximum absolute atomic E-state index is 11.9. The summed E-state index contributed by atoms with van der Waals surface area (Å²) in [7, 11) is -3.44. The molecule has 1 aliphatic rings. The van der Waals surface area contributed by atoms with Gasteiger partial charge in [0.2, 0.25) is 10.0 Å². The lowest BCUT2D eigenvalue weighted by Gasteiger charge is -2.25. The molecular formula is C14H19NO3S. The van der Waals surface area contributed by atoms with Crippen LogP contribution in [0.1, 0.15) is 31.2 Å². The summed E-state index contributed by atoms with van der Waals surface area (Å²) >= 11 is 0. The Balaban J connectivity index is 1.97. The topological polar surface area (TPSA) is 66.4 Å². The minimum Gasteiger partial charge on any atom is -0.393 e. The minimum atomic E-state index is -3.44. The SMILES string of the molecule is O=S(=O)(/C=C/c1ccccc1)N[C@@H]1CCC[C@H](O)C1. The number of nitrogens with one attached hydrogen (secondary N) is 1. The highest BCUT2D eigenvalue weighted by molar-refractivity contribution is 7.92. The molecule has 5 heteroatoms. The molecule has 2 N–H and O–H groups in total. The van der Waals surface area contributed by atoms with Gasteiger partial charge < -0.3 is 5.11 Å². The van der Waals surface area contributed by atoms with Crippen LogP contribution in [0, 0.1) is 0 Å². The molecule has 0 radical (unpaired) electrons. The molecule has 2 atom stereocenters. The van der Waals surface area contributed by atoms with Crippen LogP contribution in [0.15, 0.2) is 35.7 Å². The predicted molar refractivity (Wildman–Crippen MR) is 75.8 cm³/mol. The van der Waals surface area contributed by atoms with Crippen molar-refractivity contribution in [3.05, 3.63) is 41.3 Å². The normalized spacial score (nSPS) is 24.7. The Morgan fingerprint density at radius 3 is 2.63 bits per heavy atom. The molecule has 0 heterocycles. The molecule has 0 aromatic heterocycles. The smallest absolute Gasteiger partial charge is 0.233 e. The largest absolute Gasteiger partial charge is 0.393 e. The summed E-state index contributed by atoms with van der Waals surface area (Å²) in [5, 5.41) is 10.7. The van der Waals surface area contributed by atoms with Crippen molar-refractivity contribution < 1.29 is 13.5 Å². The van der Waals surface area contributed by atoms with Crippen molar-refractivity contribution >= 4 is 16.1 Å². The average Bonchev–Trinajstić information content (AvgIpc) is 2.37. The summed E-state index contributed by atoms with van der Waals surface area (Å²) in [6.07, 6.45) is 4.09. The third-order valence-electron chi connectivity index (χ3n) is 3.22. The number of aliphatic hydroxyl groups is 1. The maximum Gasteiger partial charge on any atom is 0.233 e. The standard InChI is InChI=1S/C14H19NO3S/c16-14-8-4-7-13(11-14)15-19(17,18)10-9-12-5-2-1-3-6-12/h1-3,5-6,9-10,13-16H,4,7-8,11H2/b10-9+/t13-,14+/m1/s1. The first-order valence-electron chi connectivity index (χ1n) is 6.49. The van der Waals surface area contributed by atoms with E-state index in [4.69, 9.17) is 0 Å². The molecule has 0 bridgehead atoms. The maximum atomic E-state index is 11.9. The summed E-state index contributed by atoms with van der Waals surface area (Å²) in [6.45, 7) is 0. The predicted octanol–water partition coefficient (Wildman–Crippen LogP) is 1.88. The van der Waals surface area contributed by atoms with Gasteiger partial charge in [-0.15, -0.1) is 0 Å². The third kappa shape index (κ3) is 4.78. The van der Waals surface area contributed by atoms with Crippen LogP contribution in [0.25, 0.3) is 6.08 Å². The Bertz CT molecular complexity index is 525. The number of rotatable bonds is 4. The lowest BCUT2D eigenvalue weighted by atomic mass is 9.94. The summed E-state index contributed by atoms with van der Waals surface area (Å²) in [6, 6.07) is 9.13. The number of sulfonamides is 1. The van der Waals surface area contributed by atoms with E-state index in [0.717, 1.165) is 24.8 Å². The van der Waals surface area contributed by atoms with E-state index >= 15 is 0 Å². The average molecular weight is 281 g/mol. The van der Waals surface area contributed by atoms with Gasteiger partial charge in [-0.1, -0.05) is 30.3 Å². The van der Waals surface area contributed by atoms with Crippen LogP contribution in [0.4, 0.5) is 0 Å². The number of benzene rings is 1. The molecule has 0 amide bonds. The quantitative estimate of drug-likeness (QED) is 0.885. The van der Waals surface area contributed by atoms with Crippen LogP contribution in [0.5, 0.6) is 0 Å². The third-order valence-corrected chi connectivity index (χ3v) is 4.37. The van der Waals surface area contributed by atoms with Gasteiger partial charge in [-0.3, -0.25) is 0 Å². The second-order valence-electron chi connectivity index (χ2n) is 4.89. The van der Waals surface area contributed by atoms with E-state index < -0.39 is 10.0 Å². The van der Waals surface area contributed by atoms with Crippen molar-refractivity contribution in [1.82, 2.24) is 4.72 Å². The number of hydrogen-bond donors (Lipinski definition) is 2. The van der Waals surface area contributed by atoms with Crippen LogP contribution >= 0.6 is 0 Å². The Morgan fingerprint density at radius 1 is 1.21 bits per heavy atom. The van der Waals surface area contributed by atoms with Gasteiger partial charge in [0, 0.05) is 11.4 Å². The summed E-state index contributed by atoms with van der Waals surface area (Å²) < 4.78 is 26.4. The van der Waals surface area contributed by atoms with Crippen LogP contribution < -0.4 is 4.72 Å². The van der Waals surface area contributed by atoms with Crippen LogP contribution in [-0.2, 0) is 10.0 Å². The fraction of sp³-hybridized carbons (Fsp3) is 0.429. The summed E-state index contributed by atoms with van der Waals surface area (Å²) in [5.41, 5.74) is 0.844. The Morgan fingerprint density at radius 2 is 1.95 bits per heavy atom. The van der Waals surface area contributed by atoms with Gasteiger partial charge >= 0.3 is 0 Å². The molecule has 0 spiro atoms. The molecule has 2 rings (SSSR count). The van der Waals surface area contributed by atoms with E-state index in [1.807, 2.05) is 30.3 Å². The van der Waals surface area contributed by atoms with E-state index in [0.29, 0.717) is 6.42 Å². The van der Waals surface area contributed by atoms with Gasteiger partial charge in [-0.2, -0.15) is 0 Å². The first-order chi connectivity index (χ1) is 9.05. The zero-order chi connectivity index (χ0) is 13.7. The van der Waals surface area contributed by atoms with Crippen molar-refractivity contribution in [2.75, 3.05) is 0 Å². The number of aliphatic hydroxyl groups excluding tert-OH is 1. The van der Waals surface area contributed by atoms with E-state index in [9.17, 15) is 13.5 Å². The zero-order valence-corrected chi connectivity index (χ0v) is 11.5. The van der Waals surface area contributed by atoms with Gasteiger partial charge in [0.25, 0.3) is 0 Å². The molecule has 1 aliphatic carbocycles. The molecule has 1 saturated carbocycles. The van der Waals surface area contributed by atoms with E-state index in [1.54, 1.807) is 6.08 Å². The van der Waals surface area contributed by atoms with Crippen LogP contribution in [0.3, 0.4) is 0 Å². The molecule has 1 aromatic rings. The van der Waals surface area contributed by atoms with Crippen molar-refractivity contribution in [1.29, 1.82) is 0 Å². The van der Waals surface area contributed by atoms with Gasteiger partial charge in [0.15, 0.2) is 0 Å². The van der Waals surface area contributed by atoms with Crippen LogP contribution in [-0.4, -0.2) is 25.7 Å². The van der Waals surface area contributed by atoms with Gasteiger partial charge in [0.1, 0.15) is 0 Å². The van der Waals surface area contributed by atoms with Crippen molar-refractivity contribution in [2.24, 2.45) is 0 Å². The van der Waals surface area contributed by atoms with Crippen molar-refractivity contribution in [2.45, 2.75) is 37.8 Å². The molecule has 0 saturated heterocycles. The van der Waals surface area contributed by atoms with Crippen LogP contribution in [0.2, 0.25) is 0 Å². The lowest BCUT2D eigenvalue weighted by Crippen LogP contribution is -2.38. The summed E-state index contributed by atoms with van der Waals surface area (Å²) in [4.78, 5) is 0. The first-order valence-corrected chi connectivity index (χ1v) is 8.03. The lowest BCUT2D eigenvalue weighted by molar-refractivity contribution is 0.117. The highest BCUT2D eigenvalue weighted by Gasteiger charge is 2.23. The van der Waals surface area contributed by atoms with Crippen molar-refractivity contribution in [3.63, 3.8) is 0 Å². The molecule has 19 heavy (non-hydrogen) atoms. The Hall–Kier alpha value is -1.17. The highest BCUT2D eigenvalue weighted by Crippen LogP contribution is 2.19. The van der Waals surface area contributed by atoms with E-state index in [1.165, 1.54) is 5.41 Å². The highest BCUT2D eigenvalue weighted by atomic mass is 32.2. The second-order valence-corrected chi connectivity index (χ2v) is 6.49. The Kier molecular flexibility index (Phi) is 4.74. The molecular weight excluding hydrogens is 262 g/mol. The fourth-order valence-electron chi connectivity index (χ4n) is 2.27. The summed E-state index contributed by atoms with van der Waals surface area (Å²) in [5.74, 6) is 0. The molecule has 0 aliphatic heterocycles. The van der Waals surface area contributed by atoms with E-state index in [-0.39, 0.29) is 12.1 Å². The van der Waals surface area contributed by atoms with E-state index in [2.05, 4.69) is 4.72 Å². The molecule has 4 nitrogen and oxygen atoms in total. The Labute approximate surface area is 114 Å². The minimum absolute atomic E-state index is 0.158. The molecule has 0 unspecified atom stereocenters. The number of hydrogen-bond acceptors (Lipinski definition) is 3. The van der Waals surface area contributed by atoms with Gasteiger partial charge in [-0.05, 0) is 37.3 Å². The zero-order valence-electron chi connectivity index (χ0n) is 10.7. The monoisotopic (exact) mass is 281 g/mol. The first kappa shape index (κ1) is 14.2. The van der Waals surface area contributed by atoms with Gasteiger partial charge in [0.05, 0.1) is 6.10 Å². The van der Waals surface area contributed by atoms with Crippen molar-refractivity contribution in [3.8, 4) is 0 Å².